The number of para-hydroxylation sites is 1. The summed E-state index contributed by atoms with van der Waals surface area (Å²) in [5.74, 6) is 4.92. The van der Waals surface area contributed by atoms with Gasteiger partial charge in [0.05, 0.1) is 5.52 Å². The molecule has 1 atom stereocenters. The van der Waals surface area contributed by atoms with Gasteiger partial charge in [0.25, 0.3) is 0 Å². The Labute approximate surface area is 168 Å². The first-order chi connectivity index (χ1) is 13.7. The summed E-state index contributed by atoms with van der Waals surface area (Å²) < 4.78 is 0. The lowest BCUT2D eigenvalue weighted by molar-refractivity contribution is -0.0602. The largest absolute Gasteiger partial charge is 0.366 e. The molecule has 28 heavy (non-hydrogen) atoms. The molecule has 1 unspecified atom stereocenters. The van der Waals surface area contributed by atoms with Crippen LogP contribution in [0, 0.1) is 23.2 Å². The summed E-state index contributed by atoms with van der Waals surface area (Å²) in [6.07, 6.45) is 11.3. The van der Waals surface area contributed by atoms with Crippen LogP contribution in [0.4, 0.5) is 11.8 Å². The highest BCUT2D eigenvalue weighted by molar-refractivity contribution is 5.90. The summed E-state index contributed by atoms with van der Waals surface area (Å²) in [4.78, 5) is 12.3. The highest BCUT2D eigenvalue weighted by Gasteiger charge is 2.53. The van der Waals surface area contributed by atoms with Gasteiger partial charge in [-0.3, -0.25) is 0 Å². The second-order valence-corrected chi connectivity index (χ2v) is 10.2. The van der Waals surface area contributed by atoms with Gasteiger partial charge in [0, 0.05) is 24.5 Å². The normalized spacial score (nSPS) is 34.9. The Morgan fingerprint density at radius 2 is 1.61 bits per heavy atom. The van der Waals surface area contributed by atoms with Gasteiger partial charge in [-0.05, 0) is 93.6 Å². The molecule has 1 saturated heterocycles. The average Bonchev–Trinajstić information content (AvgIpc) is 3.21. The zero-order valence-corrected chi connectivity index (χ0v) is 17.0. The van der Waals surface area contributed by atoms with E-state index in [0.717, 1.165) is 48.1 Å². The molecule has 2 heterocycles. The first-order valence-corrected chi connectivity index (χ1v) is 11.5. The highest BCUT2D eigenvalue weighted by atomic mass is 15.3. The molecule has 5 fully saturated rings. The van der Waals surface area contributed by atoms with E-state index in [1.54, 1.807) is 0 Å². The molecule has 1 N–H and O–H groups in total. The van der Waals surface area contributed by atoms with Crippen LogP contribution in [-0.4, -0.2) is 29.1 Å². The molecule has 1 aromatic carbocycles. The fourth-order valence-corrected chi connectivity index (χ4v) is 7.30. The van der Waals surface area contributed by atoms with Gasteiger partial charge >= 0.3 is 0 Å². The molecule has 0 radical (unpaired) electrons. The van der Waals surface area contributed by atoms with Crippen molar-refractivity contribution in [2.24, 2.45) is 23.2 Å². The van der Waals surface area contributed by atoms with Crippen molar-refractivity contribution in [1.29, 1.82) is 0 Å². The number of nitrogens with one attached hydrogen (secondary N) is 1. The molecule has 4 heteroatoms. The monoisotopic (exact) mass is 376 g/mol. The SMILES string of the molecule is CC(Nc1nc(N2CCCC2)nc2ccccc12)C12CC3CC(CC(C3)C1)C2. The van der Waals surface area contributed by atoms with Gasteiger partial charge in [-0.1, -0.05) is 12.1 Å². The fourth-order valence-electron chi connectivity index (χ4n) is 7.30. The van der Waals surface area contributed by atoms with Crippen LogP contribution in [0.25, 0.3) is 10.9 Å². The molecular formula is C24H32N4. The molecule has 1 aromatic heterocycles. The third kappa shape index (κ3) is 2.71. The van der Waals surface area contributed by atoms with E-state index in [-0.39, 0.29) is 0 Å². The third-order valence-corrected chi connectivity index (χ3v) is 8.34. The molecule has 4 nitrogen and oxygen atoms in total. The number of aromatic nitrogens is 2. The van der Waals surface area contributed by atoms with Crippen LogP contribution in [-0.2, 0) is 0 Å². The number of hydrogen-bond acceptors (Lipinski definition) is 4. The van der Waals surface area contributed by atoms with Gasteiger partial charge in [-0.15, -0.1) is 0 Å². The number of rotatable bonds is 4. The van der Waals surface area contributed by atoms with Gasteiger partial charge in [-0.25, -0.2) is 4.98 Å². The molecule has 0 spiro atoms. The standard InChI is InChI=1S/C24H32N4/c1-16(24-13-17-10-18(14-24)12-19(11-17)15-24)25-22-20-6-2-3-7-21(20)26-23(27-22)28-8-4-5-9-28/h2-3,6-7,16-19H,4-5,8-15H2,1H3,(H,25,26,27). The second kappa shape index (κ2) is 6.33. The minimum Gasteiger partial charge on any atom is -0.366 e. The van der Waals surface area contributed by atoms with Crippen LogP contribution in [0.2, 0.25) is 0 Å². The van der Waals surface area contributed by atoms with E-state index in [1.165, 1.54) is 56.8 Å². The fraction of sp³-hybridized carbons (Fsp3) is 0.667. The topological polar surface area (TPSA) is 41.1 Å². The smallest absolute Gasteiger partial charge is 0.227 e. The van der Waals surface area contributed by atoms with Crippen molar-refractivity contribution in [3.8, 4) is 0 Å². The quantitative estimate of drug-likeness (QED) is 0.791. The van der Waals surface area contributed by atoms with Gasteiger partial charge in [-0.2, -0.15) is 4.98 Å². The number of anilines is 2. The predicted molar refractivity (Wildman–Crippen MR) is 115 cm³/mol. The van der Waals surface area contributed by atoms with Crippen molar-refractivity contribution < 1.29 is 0 Å². The lowest BCUT2D eigenvalue weighted by atomic mass is 9.48. The summed E-state index contributed by atoms with van der Waals surface area (Å²) in [7, 11) is 0. The molecule has 4 aliphatic carbocycles. The second-order valence-electron chi connectivity index (χ2n) is 10.2. The highest BCUT2D eigenvalue weighted by Crippen LogP contribution is 2.61. The summed E-state index contributed by atoms with van der Waals surface area (Å²) in [6, 6.07) is 9.00. The number of fused-ring (bicyclic) bond motifs is 1. The third-order valence-electron chi connectivity index (χ3n) is 8.34. The van der Waals surface area contributed by atoms with Gasteiger partial charge in [0.1, 0.15) is 5.82 Å². The molecule has 0 amide bonds. The molecule has 5 aliphatic rings. The number of benzene rings is 1. The number of hydrogen-bond donors (Lipinski definition) is 1. The Morgan fingerprint density at radius 1 is 0.964 bits per heavy atom. The lowest BCUT2D eigenvalue weighted by Crippen LogP contribution is -2.53. The van der Waals surface area contributed by atoms with Crippen molar-refractivity contribution in [1.82, 2.24) is 9.97 Å². The Hall–Kier alpha value is -1.84. The van der Waals surface area contributed by atoms with Gasteiger partial charge in [0.15, 0.2) is 0 Å². The number of nitrogens with zero attached hydrogens (tertiary/aromatic N) is 3. The van der Waals surface area contributed by atoms with Crippen molar-refractivity contribution in [3.05, 3.63) is 24.3 Å². The minimum absolute atomic E-state index is 0.477. The van der Waals surface area contributed by atoms with E-state index >= 15 is 0 Å². The molecular weight excluding hydrogens is 344 g/mol. The minimum atomic E-state index is 0.477. The average molecular weight is 377 g/mol. The summed E-state index contributed by atoms with van der Waals surface area (Å²) in [6.45, 7) is 4.60. The summed E-state index contributed by atoms with van der Waals surface area (Å²) >= 11 is 0. The zero-order chi connectivity index (χ0) is 18.7. The van der Waals surface area contributed by atoms with Gasteiger partial charge in [0.2, 0.25) is 5.95 Å². The van der Waals surface area contributed by atoms with Crippen molar-refractivity contribution in [2.75, 3.05) is 23.3 Å². The predicted octanol–water partition coefficient (Wildman–Crippen LogP) is 5.25. The molecule has 7 rings (SSSR count). The molecule has 4 saturated carbocycles. The Kier molecular flexibility index (Phi) is 3.86. The molecule has 148 valence electrons. The first kappa shape index (κ1) is 17.1. The maximum atomic E-state index is 5.05. The van der Waals surface area contributed by atoms with E-state index < -0.39 is 0 Å². The Morgan fingerprint density at radius 3 is 2.29 bits per heavy atom. The van der Waals surface area contributed by atoms with Crippen LogP contribution in [0.1, 0.15) is 58.3 Å². The Bertz CT molecular complexity index is 850. The van der Waals surface area contributed by atoms with Crippen molar-refractivity contribution >= 4 is 22.7 Å². The zero-order valence-electron chi connectivity index (χ0n) is 17.0. The van der Waals surface area contributed by atoms with Crippen LogP contribution in [0.3, 0.4) is 0 Å². The Balaban J connectivity index is 1.34. The maximum Gasteiger partial charge on any atom is 0.227 e. The maximum absolute atomic E-state index is 5.05. The van der Waals surface area contributed by atoms with E-state index in [0.29, 0.717) is 11.5 Å². The molecule has 1 aliphatic heterocycles. The summed E-state index contributed by atoms with van der Waals surface area (Å²) in [5.41, 5.74) is 1.55. The summed E-state index contributed by atoms with van der Waals surface area (Å²) in [5, 5.41) is 5.10. The molecule has 2 aromatic rings. The molecule has 4 bridgehead atoms. The van der Waals surface area contributed by atoms with E-state index in [4.69, 9.17) is 9.97 Å². The van der Waals surface area contributed by atoms with E-state index in [9.17, 15) is 0 Å². The van der Waals surface area contributed by atoms with E-state index in [2.05, 4.69) is 41.4 Å². The van der Waals surface area contributed by atoms with E-state index in [1.807, 2.05) is 0 Å². The first-order valence-electron chi connectivity index (χ1n) is 11.5. The van der Waals surface area contributed by atoms with Crippen LogP contribution in [0.15, 0.2) is 24.3 Å². The van der Waals surface area contributed by atoms with Gasteiger partial charge < -0.3 is 10.2 Å². The van der Waals surface area contributed by atoms with Crippen LogP contribution < -0.4 is 10.2 Å². The van der Waals surface area contributed by atoms with Crippen LogP contribution in [0.5, 0.6) is 0 Å². The van der Waals surface area contributed by atoms with Crippen LogP contribution >= 0.6 is 0 Å². The lowest BCUT2D eigenvalue weighted by Gasteiger charge is -2.59. The van der Waals surface area contributed by atoms with Crippen molar-refractivity contribution in [2.45, 2.75) is 64.3 Å². The van der Waals surface area contributed by atoms with Crippen molar-refractivity contribution in [3.63, 3.8) is 0 Å².